The molecule has 3 rings (SSSR count). The fourth-order valence-electron chi connectivity index (χ4n) is 4.68. The number of methoxy groups -OCH3 is 2. The zero-order chi connectivity index (χ0) is 29.9. The quantitative estimate of drug-likeness (QED) is 0.163. The molecule has 9 nitrogen and oxygen atoms in total. The summed E-state index contributed by atoms with van der Waals surface area (Å²) in [5.41, 5.74) is -0.650. The summed E-state index contributed by atoms with van der Waals surface area (Å²) in [6, 6.07) is -0.983. The van der Waals surface area contributed by atoms with Gasteiger partial charge in [0.25, 0.3) is 0 Å². The number of rotatable bonds is 10. The topological polar surface area (TPSA) is 116 Å². The highest BCUT2D eigenvalue weighted by atomic mass is 35.5. The number of fused-ring (bicyclic) bond motifs is 3. The molecule has 1 aliphatic carbocycles. The molecule has 0 aromatic rings. The van der Waals surface area contributed by atoms with Gasteiger partial charge in [0.05, 0.1) is 19.3 Å². The zero-order valence-electron chi connectivity index (χ0n) is 23.8. The summed E-state index contributed by atoms with van der Waals surface area (Å²) in [7, 11) is 2.50. The number of hydrogen-bond acceptors (Lipinski definition) is 9. The van der Waals surface area contributed by atoms with E-state index in [4.69, 9.17) is 25.8 Å². The van der Waals surface area contributed by atoms with Crippen molar-refractivity contribution in [1.82, 2.24) is 4.90 Å². The minimum Gasteiger partial charge on any atom is -0.469 e. The van der Waals surface area contributed by atoms with Crippen molar-refractivity contribution < 1.29 is 38.2 Å². The standard InChI is InChI=1S/C30H34ClNO8/c1-8-16(3)10-11-18-14-19-20(15-32(18)21(28(36)39-7)12-13-22(33)38-6)24-23(26(34)17(4)9-2)29(37)40-30(24,5)27(35)25(19)31/h9-11,14-16,21H,8,12-13H2,1-7H3. The van der Waals surface area contributed by atoms with E-state index in [9.17, 15) is 24.0 Å². The number of allylic oxidation sites excluding steroid dienone is 6. The van der Waals surface area contributed by atoms with Crippen molar-refractivity contribution in [3.8, 4) is 0 Å². The highest BCUT2D eigenvalue weighted by Gasteiger charge is 2.57. The molecular weight excluding hydrogens is 538 g/mol. The van der Waals surface area contributed by atoms with E-state index >= 15 is 0 Å². The van der Waals surface area contributed by atoms with Crippen LogP contribution >= 0.6 is 11.6 Å². The average molecular weight is 572 g/mol. The molecule has 40 heavy (non-hydrogen) atoms. The fraction of sp³-hybridized carbons (Fsp3) is 0.433. The maximum absolute atomic E-state index is 13.5. The van der Waals surface area contributed by atoms with Crippen LogP contribution < -0.4 is 0 Å². The summed E-state index contributed by atoms with van der Waals surface area (Å²) in [5, 5.41) is -0.167. The second kappa shape index (κ2) is 12.2. The highest BCUT2D eigenvalue weighted by Crippen LogP contribution is 2.50. The van der Waals surface area contributed by atoms with E-state index in [0.29, 0.717) is 11.3 Å². The van der Waals surface area contributed by atoms with Crippen LogP contribution in [0.1, 0.15) is 53.9 Å². The summed E-state index contributed by atoms with van der Waals surface area (Å²) < 4.78 is 15.4. The third-order valence-electron chi connectivity index (χ3n) is 7.43. The molecule has 214 valence electrons. The summed E-state index contributed by atoms with van der Waals surface area (Å²) in [6.45, 7) is 8.68. The molecule has 0 aromatic carbocycles. The van der Waals surface area contributed by atoms with E-state index in [1.807, 2.05) is 19.9 Å². The minimum atomic E-state index is -1.83. The lowest BCUT2D eigenvalue weighted by Gasteiger charge is -2.38. The Morgan fingerprint density at radius 3 is 2.45 bits per heavy atom. The Hall–Kier alpha value is -3.72. The molecule has 0 spiro atoms. The van der Waals surface area contributed by atoms with Gasteiger partial charge in [0.2, 0.25) is 5.78 Å². The molecule has 0 saturated carbocycles. The third-order valence-corrected chi connectivity index (χ3v) is 7.81. The van der Waals surface area contributed by atoms with Crippen LogP contribution in [0.3, 0.4) is 0 Å². The highest BCUT2D eigenvalue weighted by molar-refractivity contribution is 6.46. The van der Waals surface area contributed by atoms with Gasteiger partial charge in [0.15, 0.2) is 11.4 Å². The molecule has 3 aliphatic rings. The first kappa shape index (κ1) is 30.8. The van der Waals surface area contributed by atoms with Crippen molar-refractivity contribution >= 4 is 41.1 Å². The molecule has 0 amide bonds. The first-order chi connectivity index (χ1) is 18.9. The molecule has 0 N–H and O–H groups in total. The van der Waals surface area contributed by atoms with E-state index in [-0.39, 0.29) is 46.1 Å². The van der Waals surface area contributed by atoms with Crippen molar-refractivity contribution in [1.29, 1.82) is 0 Å². The molecule has 0 radical (unpaired) electrons. The Balaban J connectivity index is 2.34. The molecule has 0 saturated heterocycles. The van der Waals surface area contributed by atoms with Gasteiger partial charge in [-0.25, -0.2) is 9.59 Å². The number of esters is 3. The number of ether oxygens (including phenoxy) is 3. The maximum Gasteiger partial charge on any atom is 0.343 e. The lowest BCUT2D eigenvalue weighted by Crippen LogP contribution is -2.45. The lowest BCUT2D eigenvalue weighted by molar-refractivity contribution is -0.153. The Morgan fingerprint density at radius 1 is 1.20 bits per heavy atom. The van der Waals surface area contributed by atoms with Gasteiger partial charge in [-0.2, -0.15) is 0 Å². The van der Waals surface area contributed by atoms with E-state index < -0.39 is 41.1 Å². The smallest absolute Gasteiger partial charge is 0.343 e. The van der Waals surface area contributed by atoms with Crippen LogP contribution in [0.4, 0.5) is 0 Å². The van der Waals surface area contributed by atoms with Crippen molar-refractivity contribution in [2.24, 2.45) is 5.92 Å². The summed E-state index contributed by atoms with van der Waals surface area (Å²) >= 11 is 6.59. The molecule has 0 aromatic heterocycles. The van der Waals surface area contributed by atoms with Crippen molar-refractivity contribution in [2.75, 3.05) is 14.2 Å². The fourth-order valence-corrected chi connectivity index (χ4v) is 5.01. The second-order valence-electron chi connectivity index (χ2n) is 9.95. The van der Waals surface area contributed by atoms with Gasteiger partial charge in [0.1, 0.15) is 11.6 Å². The minimum absolute atomic E-state index is 0.0402. The van der Waals surface area contributed by atoms with Gasteiger partial charge in [-0.05, 0) is 50.8 Å². The molecule has 3 atom stereocenters. The normalized spacial score (nSPS) is 22.4. The number of halogens is 1. The van der Waals surface area contributed by atoms with Crippen molar-refractivity contribution in [2.45, 2.75) is 65.5 Å². The molecule has 2 aliphatic heterocycles. The predicted octanol–water partition coefficient (Wildman–Crippen LogP) is 4.39. The Morgan fingerprint density at radius 2 is 1.88 bits per heavy atom. The third kappa shape index (κ3) is 5.47. The van der Waals surface area contributed by atoms with Gasteiger partial charge in [-0.15, -0.1) is 0 Å². The number of carbonyl (C=O) groups excluding carboxylic acids is 5. The lowest BCUT2D eigenvalue weighted by atomic mass is 9.74. The van der Waals surface area contributed by atoms with E-state index in [1.165, 1.54) is 21.1 Å². The van der Waals surface area contributed by atoms with Crippen LogP contribution in [-0.2, 0) is 38.2 Å². The first-order valence-electron chi connectivity index (χ1n) is 13.0. The zero-order valence-corrected chi connectivity index (χ0v) is 24.5. The Kier molecular flexibility index (Phi) is 9.40. The average Bonchev–Trinajstić information content (AvgIpc) is 3.23. The number of nitrogens with zero attached hydrogens (tertiary/aromatic N) is 1. The molecule has 10 heteroatoms. The molecule has 3 unspecified atom stereocenters. The van der Waals surface area contributed by atoms with Crippen LogP contribution in [0, 0.1) is 5.92 Å². The molecule has 0 fully saturated rings. The maximum atomic E-state index is 13.5. The number of carbonyl (C=O) groups is 5. The van der Waals surface area contributed by atoms with Crippen molar-refractivity contribution in [3.63, 3.8) is 0 Å². The summed E-state index contributed by atoms with van der Waals surface area (Å²) in [6.07, 6.45) is 9.32. The SMILES string of the molecule is CC=C(C)C(=O)C1=C2C3=CN(C(CCC(=O)OC)C(=O)OC)C(C=CC(C)CC)=CC3=C(Cl)C(=O)C2(C)OC1=O. The van der Waals surface area contributed by atoms with Crippen molar-refractivity contribution in [3.05, 3.63) is 69.1 Å². The Labute approximate surface area is 238 Å². The van der Waals surface area contributed by atoms with Crippen LogP contribution in [0.25, 0.3) is 0 Å². The number of hydrogen-bond donors (Lipinski definition) is 0. The van der Waals surface area contributed by atoms with E-state index in [2.05, 4.69) is 0 Å². The van der Waals surface area contributed by atoms with Crippen LogP contribution in [0.15, 0.2) is 69.1 Å². The van der Waals surface area contributed by atoms with E-state index in [0.717, 1.165) is 6.42 Å². The molecule has 2 heterocycles. The van der Waals surface area contributed by atoms with Gasteiger partial charge in [-0.3, -0.25) is 14.4 Å². The second-order valence-corrected chi connectivity index (χ2v) is 10.3. The van der Waals surface area contributed by atoms with Crippen LogP contribution in [-0.4, -0.2) is 60.2 Å². The van der Waals surface area contributed by atoms with Crippen LogP contribution in [0.2, 0.25) is 0 Å². The first-order valence-corrected chi connectivity index (χ1v) is 13.4. The van der Waals surface area contributed by atoms with Gasteiger partial charge >= 0.3 is 17.9 Å². The monoisotopic (exact) mass is 571 g/mol. The van der Waals surface area contributed by atoms with Gasteiger partial charge in [-0.1, -0.05) is 44.0 Å². The van der Waals surface area contributed by atoms with Gasteiger partial charge in [0, 0.05) is 35.0 Å². The summed E-state index contributed by atoms with van der Waals surface area (Å²) in [4.78, 5) is 66.5. The largest absolute Gasteiger partial charge is 0.469 e. The van der Waals surface area contributed by atoms with E-state index in [1.54, 1.807) is 43.2 Å². The predicted molar refractivity (Wildman–Crippen MR) is 148 cm³/mol. The number of ketones is 2. The molecule has 0 bridgehead atoms. The summed E-state index contributed by atoms with van der Waals surface area (Å²) in [5.74, 6) is -3.10. The van der Waals surface area contributed by atoms with Gasteiger partial charge < -0.3 is 19.1 Å². The van der Waals surface area contributed by atoms with Crippen LogP contribution in [0.5, 0.6) is 0 Å². The molecular formula is C30H34ClNO8. The number of Topliss-reactive ketones (excluding diaryl/α,β-unsaturated/α-hetero) is 2. The Bertz CT molecular complexity index is 1340.